The molecule has 32 heavy (non-hydrogen) atoms. The molecule has 1 aromatic carbocycles. The van der Waals surface area contributed by atoms with E-state index in [4.69, 9.17) is 16.7 Å². The second kappa shape index (κ2) is 7.63. The zero-order valence-electron chi connectivity index (χ0n) is 18.4. The van der Waals surface area contributed by atoms with E-state index >= 15 is 0 Å². The van der Waals surface area contributed by atoms with E-state index in [0.717, 1.165) is 39.6 Å². The third-order valence-corrected chi connectivity index (χ3v) is 7.99. The molecule has 1 N–H and O–H groups in total. The molecule has 3 aromatic rings. The molecule has 0 saturated heterocycles. The van der Waals surface area contributed by atoms with Crippen molar-refractivity contribution in [3.63, 3.8) is 0 Å². The molecular weight excluding hydrogens is 442 g/mol. The average molecular weight is 468 g/mol. The summed E-state index contributed by atoms with van der Waals surface area (Å²) in [7, 11) is 0. The molecule has 2 fully saturated rings. The first-order chi connectivity index (χ1) is 15.2. The molecule has 0 radical (unpaired) electrons. The molecule has 2 aliphatic carbocycles. The van der Waals surface area contributed by atoms with Gasteiger partial charge in [-0.05, 0) is 42.4 Å². The number of carbonyl (C=O) groups is 1. The lowest BCUT2D eigenvalue weighted by molar-refractivity contribution is -0.148. The molecule has 5 nitrogen and oxygen atoms in total. The fourth-order valence-corrected chi connectivity index (χ4v) is 5.63. The lowest BCUT2D eigenvalue weighted by Crippen LogP contribution is -2.32. The number of halogens is 1. The van der Waals surface area contributed by atoms with Crippen LogP contribution in [0.2, 0.25) is 5.02 Å². The standard InChI is InChI=1S/C25H26ClN3O2S/c1-24(2,3)25(23(30)31)12-19(25)15-4-6-16(7-5-15)22-20(14-29(28-22)18-9-10-18)32-21-11-8-17(26)13-27-21/h4-8,11,13-14,18-19H,9-10,12H2,1-3H3,(H,30,31)/t19-,25+/m1/s1. The van der Waals surface area contributed by atoms with Crippen LogP contribution in [0.4, 0.5) is 0 Å². The minimum absolute atomic E-state index is 0.0465. The summed E-state index contributed by atoms with van der Waals surface area (Å²) in [6.45, 7) is 6.07. The predicted octanol–water partition coefficient (Wildman–Crippen LogP) is 6.69. The van der Waals surface area contributed by atoms with Gasteiger partial charge in [0.25, 0.3) is 0 Å². The quantitative estimate of drug-likeness (QED) is 0.437. The van der Waals surface area contributed by atoms with E-state index in [2.05, 4.69) is 40.1 Å². The van der Waals surface area contributed by atoms with E-state index in [0.29, 0.717) is 17.5 Å². The minimum Gasteiger partial charge on any atom is -0.481 e. The summed E-state index contributed by atoms with van der Waals surface area (Å²) in [5.74, 6) is -0.651. The molecule has 2 aromatic heterocycles. The molecular formula is C25H26ClN3O2S. The monoisotopic (exact) mass is 467 g/mol. The molecule has 2 aliphatic rings. The maximum Gasteiger partial charge on any atom is 0.310 e. The summed E-state index contributed by atoms with van der Waals surface area (Å²) in [4.78, 5) is 17.6. The highest BCUT2D eigenvalue weighted by atomic mass is 35.5. The van der Waals surface area contributed by atoms with Gasteiger partial charge in [-0.15, -0.1) is 0 Å². The summed E-state index contributed by atoms with van der Waals surface area (Å²) in [5.41, 5.74) is 2.06. The van der Waals surface area contributed by atoms with E-state index in [1.807, 2.05) is 32.9 Å². The number of hydrogen-bond acceptors (Lipinski definition) is 4. The lowest BCUT2D eigenvalue weighted by atomic mass is 9.75. The third-order valence-electron chi connectivity index (χ3n) is 6.80. The summed E-state index contributed by atoms with van der Waals surface area (Å²) < 4.78 is 2.07. The Labute approximate surface area is 197 Å². The number of nitrogens with zero attached hydrogens (tertiary/aromatic N) is 3. The van der Waals surface area contributed by atoms with Crippen LogP contribution in [0, 0.1) is 10.8 Å². The van der Waals surface area contributed by atoms with Gasteiger partial charge in [-0.3, -0.25) is 9.48 Å². The number of aromatic nitrogens is 3. The number of rotatable bonds is 6. The SMILES string of the molecule is CC(C)(C)[C@@]1(C(=O)O)C[C@@H]1c1ccc(-c2nn(C3CC3)cc2Sc2ccc(Cl)cn2)cc1. The molecule has 7 heteroatoms. The van der Waals surface area contributed by atoms with Crippen LogP contribution in [0.15, 0.2) is 58.7 Å². The van der Waals surface area contributed by atoms with Gasteiger partial charge in [-0.1, -0.05) is 68.4 Å². The van der Waals surface area contributed by atoms with E-state index < -0.39 is 11.4 Å². The molecule has 2 heterocycles. The van der Waals surface area contributed by atoms with E-state index in [9.17, 15) is 9.90 Å². The maximum atomic E-state index is 12.1. The summed E-state index contributed by atoms with van der Waals surface area (Å²) in [5, 5.41) is 16.3. The number of carboxylic acid groups (broad SMARTS) is 1. The van der Waals surface area contributed by atoms with Crippen LogP contribution in [0.5, 0.6) is 0 Å². The number of aliphatic carboxylic acids is 1. The van der Waals surface area contributed by atoms with Crippen molar-refractivity contribution in [3.05, 3.63) is 59.4 Å². The molecule has 2 atom stereocenters. The first-order valence-electron chi connectivity index (χ1n) is 10.9. The molecule has 0 amide bonds. The molecule has 166 valence electrons. The van der Waals surface area contributed by atoms with Crippen LogP contribution in [-0.2, 0) is 4.79 Å². The fourth-order valence-electron chi connectivity index (χ4n) is 4.64. The van der Waals surface area contributed by atoms with E-state index in [1.165, 1.54) is 0 Å². The number of carboxylic acids is 1. The van der Waals surface area contributed by atoms with Crippen molar-refractivity contribution in [2.45, 2.75) is 61.9 Å². The van der Waals surface area contributed by atoms with E-state index in [1.54, 1.807) is 18.0 Å². The topological polar surface area (TPSA) is 68.0 Å². The smallest absolute Gasteiger partial charge is 0.310 e. The van der Waals surface area contributed by atoms with Crippen LogP contribution >= 0.6 is 23.4 Å². The van der Waals surface area contributed by atoms with Crippen LogP contribution in [-0.4, -0.2) is 25.8 Å². The van der Waals surface area contributed by atoms with Gasteiger partial charge in [0.05, 0.1) is 21.4 Å². The van der Waals surface area contributed by atoms with Gasteiger partial charge < -0.3 is 5.11 Å². The Morgan fingerprint density at radius 2 is 1.91 bits per heavy atom. The van der Waals surface area contributed by atoms with Crippen molar-refractivity contribution in [1.82, 2.24) is 14.8 Å². The summed E-state index contributed by atoms with van der Waals surface area (Å²) >= 11 is 7.57. The normalized spacial score (nSPS) is 22.7. The highest BCUT2D eigenvalue weighted by Gasteiger charge is 2.67. The van der Waals surface area contributed by atoms with Gasteiger partial charge >= 0.3 is 5.97 Å². The Kier molecular flexibility index (Phi) is 5.13. The van der Waals surface area contributed by atoms with Crippen LogP contribution in [0.1, 0.15) is 57.6 Å². The zero-order chi connectivity index (χ0) is 22.7. The largest absolute Gasteiger partial charge is 0.481 e. The number of pyridine rings is 1. The van der Waals surface area contributed by atoms with Crippen molar-refractivity contribution >= 4 is 29.3 Å². The molecule has 0 aliphatic heterocycles. The van der Waals surface area contributed by atoms with Crippen LogP contribution in [0.3, 0.4) is 0 Å². The second-order valence-electron chi connectivity index (χ2n) is 9.88. The zero-order valence-corrected chi connectivity index (χ0v) is 20.0. The Morgan fingerprint density at radius 1 is 1.19 bits per heavy atom. The lowest BCUT2D eigenvalue weighted by Gasteiger charge is -2.28. The Balaban J connectivity index is 1.44. The first-order valence-corrected chi connectivity index (χ1v) is 12.1. The van der Waals surface area contributed by atoms with Crippen molar-refractivity contribution in [3.8, 4) is 11.3 Å². The molecule has 2 saturated carbocycles. The van der Waals surface area contributed by atoms with Crippen molar-refractivity contribution in [1.29, 1.82) is 0 Å². The van der Waals surface area contributed by atoms with Crippen molar-refractivity contribution in [2.75, 3.05) is 0 Å². The van der Waals surface area contributed by atoms with Gasteiger partial charge in [-0.25, -0.2) is 4.98 Å². The minimum atomic E-state index is -0.698. The maximum absolute atomic E-state index is 12.1. The fraction of sp³-hybridized carbons (Fsp3) is 0.400. The summed E-state index contributed by atoms with van der Waals surface area (Å²) in [6.07, 6.45) is 6.77. The van der Waals surface area contributed by atoms with Crippen LogP contribution < -0.4 is 0 Å². The molecule has 0 bridgehead atoms. The van der Waals surface area contributed by atoms with Gasteiger partial charge in [0.1, 0.15) is 10.7 Å². The van der Waals surface area contributed by atoms with Crippen molar-refractivity contribution in [2.24, 2.45) is 10.8 Å². The number of benzene rings is 1. The predicted molar refractivity (Wildman–Crippen MR) is 126 cm³/mol. The second-order valence-corrected chi connectivity index (χ2v) is 11.4. The van der Waals surface area contributed by atoms with Gasteiger partial charge in [-0.2, -0.15) is 5.10 Å². The Bertz CT molecular complexity index is 1160. The summed E-state index contributed by atoms with van der Waals surface area (Å²) in [6, 6.07) is 12.5. The van der Waals surface area contributed by atoms with Gasteiger partial charge in [0, 0.05) is 23.9 Å². The molecule has 5 rings (SSSR count). The molecule has 0 spiro atoms. The van der Waals surface area contributed by atoms with Crippen molar-refractivity contribution < 1.29 is 9.90 Å². The highest BCUT2D eigenvalue weighted by Crippen LogP contribution is 2.68. The highest BCUT2D eigenvalue weighted by molar-refractivity contribution is 7.99. The number of hydrogen-bond donors (Lipinski definition) is 1. The van der Waals surface area contributed by atoms with E-state index in [-0.39, 0.29) is 11.3 Å². The van der Waals surface area contributed by atoms with Gasteiger partial charge in [0.2, 0.25) is 0 Å². The average Bonchev–Trinajstić information content (AvgIpc) is 3.66. The van der Waals surface area contributed by atoms with Crippen LogP contribution in [0.25, 0.3) is 11.3 Å². The third kappa shape index (κ3) is 3.73. The first kappa shape index (κ1) is 21.5. The molecule has 0 unspecified atom stereocenters. The Hall–Kier alpha value is -2.31. The van der Waals surface area contributed by atoms with Gasteiger partial charge in [0.15, 0.2) is 0 Å². The Morgan fingerprint density at radius 3 is 2.44 bits per heavy atom.